The van der Waals surface area contributed by atoms with Gasteiger partial charge in [0.2, 0.25) is 0 Å². The molecule has 3 rings (SSSR count). The van der Waals surface area contributed by atoms with Gasteiger partial charge < -0.3 is 19.7 Å². The quantitative estimate of drug-likeness (QED) is 0.632. The molecule has 0 bridgehead atoms. The predicted octanol–water partition coefficient (Wildman–Crippen LogP) is 4.47. The molecule has 7 nitrogen and oxygen atoms in total. The Balaban J connectivity index is 1.82. The Morgan fingerprint density at radius 3 is 2.68 bits per heavy atom. The fraction of sp³-hybridized carbons (Fsp3) is 0.150. The molecular weight excluding hydrogens is 384 g/mol. The number of nitrogens with one attached hydrogen (secondary N) is 1. The molecule has 3 aromatic rings. The van der Waals surface area contributed by atoms with Crippen LogP contribution in [-0.4, -0.2) is 22.1 Å². The zero-order valence-electron chi connectivity index (χ0n) is 15.2. The van der Waals surface area contributed by atoms with Gasteiger partial charge in [0.25, 0.3) is 5.91 Å². The zero-order chi connectivity index (χ0) is 20.3. The number of carboxylic acids is 1. The fourth-order valence-electron chi connectivity index (χ4n) is 2.59. The minimum absolute atomic E-state index is 0.0683. The molecule has 1 aromatic heterocycles. The van der Waals surface area contributed by atoms with Gasteiger partial charge >= 0.3 is 5.97 Å². The average Bonchev–Trinajstić information content (AvgIpc) is 2.98. The molecule has 144 valence electrons. The smallest absolute Gasteiger partial charge is 0.335 e. The van der Waals surface area contributed by atoms with Gasteiger partial charge in [-0.05, 0) is 50.2 Å². The van der Waals surface area contributed by atoms with Crippen LogP contribution < -0.4 is 10.1 Å². The Kier molecular flexibility index (Phi) is 5.65. The van der Waals surface area contributed by atoms with Gasteiger partial charge in [-0.25, -0.2) is 4.79 Å². The van der Waals surface area contributed by atoms with Crippen LogP contribution in [0.3, 0.4) is 0 Å². The van der Waals surface area contributed by atoms with Crippen LogP contribution in [-0.2, 0) is 6.61 Å². The molecule has 0 aliphatic heterocycles. The number of halogens is 1. The van der Waals surface area contributed by atoms with E-state index in [9.17, 15) is 9.59 Å². The first-order chi connectivity index (χ1) is 13.3. The van der Waals surface area contributed by atoms with E-state index in [1.807, 2.05) is 0 Å². The summed E-state index contributed by atoms with van der Waals surface area (Å²) in [5.74, 6) is -0.583. The summed E-state index contributed by atoms with van der Waals surface area (Å²) >= 11 is 6.04. The van der Waals surface area contributed by atoms with E-state index in [1.165, 1.54) is 18.2 Å². The summed E-state index contributed by atoms with van der Waals surface area (Å²) in [7, 11) is 0. The van der Waals surface area contributed by atoms with Crippen LogP contribution in [0.5, 0.6) is 5.75 Å². The number of amides is 1. The van der Waals surface area contributed by atoms with E-state index in [1.54, 1.807) is 38.1 Å². The lowest BCUT2D eigenvalue weighted by molar-refractivity contribution is 0.0696. The van der Waals surface area contributed by atoms with Crippen LogP contribution in [0.25, 0.3) is 0 Å². The van der Waals surface area contributed by atoms with E-state index in [0.717, 1.165) is 5.56 Å². The van der Waals surface area contributed by atoms with Gasteiger partial charge in [-0.1, -0.05) is 22.8 Å². The normalized spacial score (nSPS) is 10.5. The van der Waals surface area contributed by atoms with E-state index in [-0.39, 0.29) is 17.7 Å². The minimum atomic E-state index is -1.08. The number of hydrogen-bond donors (Lipinski definition) is 2. The topological polar surface area (TPSA) is 102 Å². The summed E-state index contributed by atoms with van der Waals surface area (Å²) in [6, 6.07) is 10.7. The Morgan fingerprint density at radius 1 is 1.21 bits per heavy atom. The number of aromatic nitrogens is 1. The number of anilines is 1. The number of ether oxygens (including phenoxy) is 1. The number of hydrogen-bond acceptors (Lipinski definition) is 5. The van der Waals surface area contributed by atoms with Gasteiger partial charge in [0.15, 0.2) is 0 Å². The second kappa shape index (κ2) is 8.14. The van der Waals surface area contributed by atoms with Crippen LogP contribution in [0.1, 0.15) is 37.7 Å². The molecule has 2 N–H and O–H groups in total. The zero-order valence-corrected chi connectivity index (χ0v) is 15.9. The average molecular weight is 401 g/mol. The molecule has 0 unspecified atom stereocenters. The fourth-order valence-corrected chi connectivity index (χ4v) is 2.76. The van der Waals surface area contributed by atoms with Crippen molar-refractivity contribution >= 4 is 29.2 Å². The molecule has 2 aromatic carbocycles. The van der Waals surface area contributed by atoms with Crippen molar-refractivity contribution in [3.05, 3.63) is 75.6 Å². The number of rotatable bonds is 6. The van der Waals surface area contributed by atoms with Crippen molar-refractivity contribution in [2.24, 2.45) is 0 Å². The number of carboxylic acid groups (broad SMARTS) is 1. The maximum Gasteiger partial charge on any atom is 0.335 e. The van der Waals surface area contributed by atoms with Crippen LogP contribution in [0, 0.1) is 13.8 Å². The van der Waals surface area contributed by atoms with E-state index in [0.29, 0.717) is 27.9 Å². The van der Waals surface area contributed by atoms with Crippen molar-refractivity contribution in [3.8, 4) is 5.75 Å². The molecule has 0 saturated carbocycles. The lowest BCUT2D eigenvalue weighted by Gasteiger charge is -2.12. The maximum atomic E-state index is 12.7. The first-order valence-corrected chi connectivity index (χ1v) is 8.71. The molecule has 28 heavy (non-hydrogen) atoms. The highest BCUT2D eigenvalue weighted by molar-refractivity contribution is 6.31. The Morgan fingerprint density at radius 2 is 2.00 bits per heavy atom. The van der Waals surface area contributed by atoms with Gasteiger partial charge in [0.05, 0.1) is 22.4 Å². The van der Waals surface area contributed by atoms with Crippen molar-refractivity contribution < 1.29 is 24.0 Å². The SMILES string of the molecule is Cc1noc(C)c1COc1ccc(Cl)cc1C(=O)Nc1cccc(C(=O)O)c1. The molecule has 0 spiro atoms. The largest absolute Gasteiger partial charge is 0.488 e. The summed E-state index contributed by atoms with van der Waals surface area (Å²) in [6.07, 6.45) is 0. The molecule has 0 saturated heterocycles. The number of nitrogens with zero attached hydrogens (tertiary/aromatic N) is 1. The number of carbonyl (C=O) groups excluding carboxylic acids is 1. The highest BCUT2D eigenvalue weighted by Gasteiger charge is 2.16. The molecule has 0 radical (unpaired) electrons. The Hall–Kier alpha value is -3.32. The van der Waals surface area contributed by atoms with Crippen LogP contribution in [0.2, 0.25) is 5.02 Å². The van der Waals surface area contributed by atoms with Crippen molar-refractivity contribution in [3.63, 3.8) is 0 Å². The van der Waals surface area contributed by atoms with Gasteiger partial charge in [-0.2, -0.15) is 0 Å². The lowest BCUT2D eigenvalue weighted by Crippen LogP contribution is -2.14. The summed E-state index contributed by atoms with van der Waals surface area (Å²) in [5, 5.41) is 16.0. The van der Waals surface area contributed by atoms with E-state index >= 15 is 0 Å². The maximum absolute atomic E-state index is 12.7. The molecule has 1 heterocycles. The van der Waals surface area contributed by atoms with Gasteiger partial charge in [0, 0.05) is 10.7 Å². The highest BCUT2D eigenvalue weighted by Crippen LogP contribution is 2.26. The highest BCUT2D eigenvalue weighted by atomic mass is 35.5. The summed E-state index contributed by atoms with van der Waals surface area (Å²) in [4.78, 5) is 23.8. The second-order valence-electron chi connectivity index (χ2n) is 6.07. The van der Waals surface area contributed by atoms with E-state index in [2.05, 4.69) is 10.5 Å². The number of carbonyl (C=O) groups is 2. The van der Waals surface area contributed by atoms with E-state index < -0.39 is 11.9 Å². The molecule has 0 fully saturated rings. The lowest BCUT2D eigenvalue weighted by atomic mass is 10.1. The third-order valence-electron chi connectivity index (χ3n) is 4.11. The molecule has 0 atom stereocenters. The van der Waals surface area contributed by atoms with Crippen LogP contribution in [0.15, 0.2) is 47.0 Å². The third-order valence-corrected chi connectivity index (χ3v) is 4.34. The first-order valence-electron chi connectivity index (χ1n) is 8.34. The Bertz CT molecular complexity index is 1030. The van der Waals surface area contributed by atoms with Crippen molar-refractivity contribution in [2.75, 3.05) is 5.32 Å². The molecule has 1 amide bonds. The summed E-state index contributed by atoms with van der Waals surface area (Å²) in [6.45, 7) is 3.77. The minimum Gasteiger partial charge on any atom is -0.488 e. The van der Waals surface area contributed by atoms with Crippen LogP contribution >= 0.6 is 11.6 Å². The predicted molar refractivity (Wildman–Crippen MR) is 103 cm³/mol. The second-order valence-corrected chi connectivity index (χ2v) is 6.51. The Labute approximate surface area is 165 Å². The molecule has 0 aliphatic carbocycles. The van der Waals surface area contributed by atoms with Gasteiger partial charge in [-0.15, -0.1) is 0 Å². The van der Waals surface area contributed by atoms with E-state index in [4.69, 9.17) is 26.0 Å². The number of aromatic carboxylic acids is 1. The van der Waals surface area contributed by atoms with Crippen LogP contribution in [0.4, 0.5) is 5.69 Å². The number of aryl methyl sites for hydroxylation is 2. The van der Waals surface area contributed by atoms with Gasteiger partial charge in [0.1, 0.15) is 18.1 Å². The first kappa shape index (κ1) is 19.4. The third kappa shape index (κ3) is 4.32. The monoisotopic (exact) mass is 400 g/mol. The van der Waals surface area contributed by atoms with Crippen molar-refractivity contribution in [1.29, 1.82) is 0 Å². The molecule has 0 aliphatic rings. The van der Waals surface area contributed by atoms with Gasteiger partial charge in [-0.3, -0.25) is 4.79 Å². The number of benzene rings is 2. The summed E-state index contributed by atoms with van der Waals surface area (Å²) < 4.78 is 10.9. The summed E-state index contributed by atoms with van der Waals surface area (Å²) in [5.41, 5.74) is 2.15. The van der Waals surface area contributed by atoms with Crippen molar-refractivity contribution in [2.45, 2.75) is 20.5 Å². The van der Waals surface area contributed by atoms with Crippen molar-refractivity contribution in [1.82, 2.24) is 5.16 Å². The molecule has 8 heteroatoms. The standard InChI is InChI=1S/C20H17ClN2O5/c1-11-17(12(2)28-23-11)10-27-18-7-6-14(21)9-16(18)19(24)22-15-5-3-4-13(8-15)20(25)26/h3-9H,10H2,1-2H3,(H,22,24)(H,25,26). The molecular formula is C20H17ClN2O5.